The van der Waals surface area contributed by atoms with Gasteiger partial charge in [-0.15, -0.1) is 9.24 Å². The van der Waals surface area contributed by atoms with E-state index in [-0.39, 0.29) is 12.4 Å². The van der Waals surface area contributed by atoms with E-state index < -0.39 is 5.41 Å². The molecule has 2 rings (SSSR count). The second kappa shape index (κ2) is 6.80. The molecule has 2 aromatic rings. The van der Waals surface area contributed by atoms with Crippen molar-refractivity contribution in [2.45, 2.75) is 12.3 Å². The van der Waals surface area contributed by atoms with Gasteiger partial charge in [0.25, 0.3) is 0 Å². The molecule has 2 unspecified atom stereocenters. The number of hydrogen-bond donors (Lipinski definition) is 0. The van der Waals surface area contributed by atoms with Crippen LogP contribution in [0, 0.1) is 17.1 Å². The van der Waals surface area contributed by atoms with Crippen LogP contribution >= 0.6 is 9.24 Å². The highest BCUT2D eigenvalue weighted by Crippen LogP contribution is 2.32. The fraction of sp³-hybridized carbons (Fsp3) is 0.235. The predicted molar refractivity (Wildman–Crippen MR) is 85.1 cm³/mol. The van der Waals surface area contributed by atoms with Crippen molar-refractivity contribution in [1.82, 2.24) is 0 Å². The summed E-state index contributed by atoms with van der Waals surface area (Å²) in [5.41, 5.74) is 0.648. The Morgan fingerprint density at radius 3 is 2.10 bits per heavy atom. The van der Waals surface area contributed by atoms with Gasteiger partial charge >= 0.3 is 0 Å². The SMILES string of the molecule is CCOCC(C#N)(c1ccc(F)cc1)c1ccc(P)cc1. The largest absolute Gasteiger partial charge is 0.379 e. The summed E-state index contributed by atoms with van der Waals surface area (Å²) < 4.78 is 18.7. The average Bonchev–Trinajstić information content (AvgIpc) is 2.51. The van der Waals surface area contributed by atoms with Crippen molar-refractivity contribution in [3.05, 3.63) is 65.5 Å². The zero-order valence-electron chi connectivity index (χ0n) is 11.8. The van der Waals surface area contributed by atoms with Crippen LogP contribution in [-0.2, 0) is 10.2 Å². The highest BCUT2D eigenvalue weighted by atomic mass is 31.0. The average molecular weight is 301 g/mol. The smallest absolute Gasteiger partial charge is 0.130 e. The molecule has 2 atom stereocenters. The van der Waals surface area contributed by atoms with Gasteiger partial charge in [0.2, 0.25) is 0 Å². The maximum Gasteiger partial charge on any atom is 0.130 e. The molecule has 0 bridgehead atoms. The Morgan fingerprint density at radius 2 is 1.62 bits per heavy atom. The van der Waals surface area contributed by atoms with Crippen molar-refractivity contribution >= 4 is 14.5 Å². The molecule has 0 amide bonds. The lowest BCUT2D eigenvalue weighted by Gasteiger charge is -2.27. The van der Waals surface area contributed by atoms with Crippen LogP contribution in [0.4, 0.5) is 4.39 Å². The molecule has 0 spiro atoms. The van der Waals surface area contributed by atoms with E-state index in [0.29, 0.717) is 6.61 Å². The van der Waals surface area contributed by atoms with Crippen LogP contribution in [0.1, 0.15) is 18.1 Å². The van der Waals surface area contributed by atoms with Crippen molar-refractivity contribution in [2.75, 3.05) is 13.2 Å². The van der Waals surface area contributed by atoms with Gasteiger partial charge in [-0.3, -0.25) is 0 Å². The number of nitrogens with zero attached hydrogens (tertiary/aromatic N) is 1. The fourth-order valence-corrected chi connectivity index (χ4v) is 2.44. The topological polar surface area (TPSA) is 33.0 Å². The van der Waals surface area contributed by atoms with Gasteiger partial charge in [0, 0.05) is 6.61 Å². The summed E-state index contributed by atoms with van der Waals surface area (Å²) in [6, 6.07) is 16.1. The predicted octanol–water partition coefficient (Wildman–Crippen LogP) is 3.17. The second-order valence-corrected chi connectivity index (χ2v) is 5.45. The number of hydrogen-bond acceptors (Lipinski definition) is 2. The third kappa shape index (κ3) is 3.29. The molecule has 2 nitrogen and oxygen atoms in total. The van der Waals surface area contributed by atoms with Crippen LogP contribution in [0.3, 0.4) is 0 Å². The van der Waals surface area contributed by atoms with E-state index in [1.54, 1.807) is 12.1 Å². The summed E-state index contributed by atoms with van der Waals surface area (Å²) in [6.45, 7) is 2.65. The Hall–Kier alpha value is -1.75. The molecule has 2 aromatic carbocycles. The van der Waals surface area contributed by atoms with Crippen LogP contribution in [0.15, 0.2) is 48.5 Å². The monoisotopic (exact) mass is 301 g/mol. The second-order valence-electron chi connectivity index (χ2n) is 4.78. The summed E-state index contributed by atoms with van der Waals surface area (Å²) >= 11 is 0. The minimum atomic E-state index is -0.928. The van der Waals surface area contributed by atoms with E-state index >= 15 is 0 Å². The minimum Gasteiger partial charge on any atom is -0.379 e. The number of nitriles is 1. The quantitative estimate of drug-likeness (QED) is 0.795. The van der Waals surface area contributed by atoms with Gasteiger partial charge in [-0.25, -0.2) is 4.39 Å². The van der Waals surface area contributed by atoms with Crippen LogP contribution in [-0.4, -0.2) is 13.2 Å². The van der Waals surface area contributed by atoms with E-state index in [1.807, 2.05) is 31.2 Å². The lowest BCUT2D eigenvalue weighted by Crippen LogP contribution is -2.32. The number of halogens is 1. The summed E-state index contributed by atoms with van der Waals surface area (Å²) in [4.78, 5) is 0. The van der Waals surface area contributed by atoms with E-state index in [1.165, 1.54) is 12.1 Å². The van der Waals surface area contributed by atoms with Crippen molar-refractivity contribution in [1.29, 1.82) is 5.26 Å². The molecule has 0 aromatic heterocycles. The number of rotatable bonds is 5. The molecule has 0 radical (unpaired) electrons. The molecule has 0 fully saturated rings. The first-order chi connectivity index (χ1) is 10.1. The van der Waals surface area contributed by atoms with Crippen molar-refractivity contribution in [2.24, 2.45) is 0 Å². The zero-order valence-corrected chi connectivity index (χ0v) is 13.0. The minimum absolute atomic E-state index is 0.238. The molecule has 108 valence electrons. The standard InChI is InChI=1S/C17H17FNOP/c1-2-20-12-17(11-19,13-3-7-15(18)8-4-13)14-5-9-16(21)10-6-14/h3-10H,2,12,21H2,1H3. The lowest BCUT2D eigenvalue weighted by molar-refractivity contribution is 0.123. The van der Waals surface area contributed by atoms with E-state index in [0.717, 1.165) is 16.4 Å². The molecule has 4 heteroatoms. The number of benzene rings is 2. The first-order valence-corrected chi connectivity index (χ1v) is 7.31. The Labute approximate surface area is 126 Å². The van der Waals surface area contributed by atoms with Crippen LogP contribution < -0.4 is 5.30 Å². The third-order valence-electron chi connectivity index (χ3n) is 3.45. The summed E-state index contributed by atoms with van der Waals surface area (Å²) in [5.74, 6) is -0.317. The molecule has 21 heavy (non-hydrogen) atoms. The molecule has 0 aliphatic carbocycles. The maximum atomic E-state index is 13.2. The van der Waals surface area contributed by atoms with Crippen molar-refractivity contribution < 1.29 is 9.13 Å². The molecule has 0 N–H and O–H groups in total. The van der Waals surface area contributed by atoms with Gasteiger partial charge in [0.05, 0.1) is 12.7 Å². The third-order valence-corrected chi connectivity index (χ3v) is 3.84. The van der Waals surface area contributed by atoms with Gasteiger partial charge in [-0.05, 0) is 35.5 Å². The highest BCUT2D eigenvalue weighted by molar-refractivity contribution is 7.27. The maximum absolute atomic E-state index is 13.2. The van der Waals surface area contributed by atoms with Crippen molar-refractivity contribution in [3.8, 4) is 6.07 Å². The van der Waals surface area contributed by atoms with Gasteiger partial charge in [-0.2, -0.15) is 5.26 Å². The Kier molecular flexibility index (Phi) is 5.07. The van der Waals surface area contributed by atoms with Crippen LogP contribution in [0.5, 0.6) is 0 Å². The zero-order chi connectivity index (χ0) is 15.3. The number of ether oxygens (including phenoxy) is 1. The van der Waals surface area contributed by atoms with E-state index in [4.69, 9.17) is 4.74 Å². The summed E-state index contributed by atoms with van der Waals surface area (Å²) in [7, 11) is 2.62. The van der Waals surface area contributed by atoms with Gasteiger partial charge in [-0.1, -0.05) is 36.4 Å². The molecular formula is C17H17FNOP. The molecule has 0 aliphatic rings. The van der Waals surface area contributed by atoms with Gasteiger partial charge < -0.3 is 4.74 Å². The Balaban J connectivity index is 2.55. The first kappa shape index (κ1) is 15.6. The summed E-state index contributed by atoms with van der Waals surface area (Å²) in [6.07, 6.45) is 0. The normalized spacial score (nSPS) is 13.4. The van der Waals surface area contributed by atoms with E-state index in [2.05, 4.69) is 15.3 Å². The molecular weight excluding hydrogens is 284 g/mol. The molecule has 0 saturated carbocycles. The highest BCUT2D eigenvalue weighted by Gasteiger charge is 2.35. The molecule has 0 saturated heterocycles. The molecule has 0 heterocycles. The van der Waals surface area contributed by atoms with Gasteiger partial charge in [0.1, 0.15) is 11.2 Å². The van der Waals surface area contributed by atoms with Gasteiger partial charge in [0.15, 0.2) is 0 Å². The lowest BCUT2D eigenvalue weighted by atomic mass is 9.76. The van der Waals surface area contributed by atoms with Crippen LogP contribution in [0.2, 0.25) is 0 Å². The Morgan fingerprint density at radius 1 is 1.10 bits per heavy atom. The van der Waals surface area contributed by atoms with Crippen molar-refractivity contribution in [3.63, 3.8) is 0 Å². The fourth-order valence-electron chi connectivity index (χ4n) is 2.25. The Bertz CT molecular complexity index is 586. The summed E-state index contributed by atoms with van der Waals surface area (Å²) in [5, 5.41) is 10.9. The first-order valence-electron chi connectivity index (χ1n) is 6.73. The van der Waals surface area contributed by atoms with Crippen LogP contribution in [0.25, 0.3) is 0 Å². The molecule has 0 aliphatic heterocycles. The van der Waals surface area contributed by atoms with E-state index in [9.17, 15) is 9.65 Å².